The van der Waals surface area contributed by atoms with E-state index in [0.29, 0.717) is 24.9 Å². The van der Waals surface area contributed by atoms with Crippen molar-refractivity contribution in [1.29, 1.82) is 0 Å². The first kappa shape index (κ1) is 15.9. The maximum Gasteiger partial charge on any atom is 0.227 e. The molecule has 1 aromatic heterocycles. The predicted molar refractivity (Wildman–Crippen MR) is 94.0 cm³/mol. The van der Waals surface area contributed by atoms with Crippen LogP contribution in [0, 0.1) is 5.82 Å². The number of rotatable bonds is 6. The average molecular weight is 322 g/mol. The van der Waals surface area contributed by atoms with Gasteiger partial charge in [0.1, 0.15) is 11.6 Å². The van der Waals surface area contributed by atoms with Crippen LogP contribution in [0.5, 0.6) is 0 Å². The number of nitrogens with two attached hydrogens (primary N) is 1. The van der Waals surface area contributed by atoms with E-state index in [-0.39, 0.29) is 5.82 Å². The van der Waals surface area contributed by atoms with Crippen molar-refractivity contribution < 1.29 is 4.39 Å². The van der Waals surface area contributed by atoms with Gasteiger partial charge >= 0.3 is 0 Å². The number of hydrogen-bond donors (Lipinski definition) is 1. The SMILES string of the molecule is Nc1ccnc(N(CCc2ccccc2)Cc2cccc(F)c2)n1. The lowest BCUT2D eigenvalue weighted by molar-refractivity contribution is 0.624. The Morgan fingerprint density at radius 3 is 2.50 bits per heavy atom. The number of anilines is 2. The highest BCUT2D eigenvalue weighted by Crippen LogP contribution is 2.15. The summed E-state index contributed by atoms with van der Waals surface area (Å²) in [6, 6.07) is 18.4. The van der Waals surface area contributed by atoms with E-state index in [2.05, 4.69) is 22.1 Å². The normalized spacial score (nSPS) is 10.5. The van der Waals surface area contributed by atoms with Gasteiger partial charge in [0, 0.05) is 19.3 Å². The Morgan fingerprint density at radius 1 is 0.958 bits per heavy atom. The lowest BCUT2D eigenvalue weighted by Crippen LogP contribution is -2.27. The maximum atomic E-state index is 13.5. The summed E-state index contributed by atoms with van der Waals surface area (Å²) in [6.07, 6.45) is 2.48. The summed E-state index contributed by atoms with van der Waals surface area (Å²) >= 11 is 0. The summed E-state index contributed by atoms with van der Waals surface area (Å²) in [5.74, 6) is 0.725. The van der Waals surface area contributed by atoms with Gasteiger partial charge in [-0.05, 0) is 35.7 Å². The molecule has 0 saturated heterocycles. The molecule has 5 heteroatoms. The summed E-state index contributed by atoms with van der Waals surface area (Å²) < 4.78 is 13.5. The topological polar surface area (TPSA) is 55.0 Å². The highest BCUT2D eigenvalue weighted by molar-refractivity contribution is 5.39. The van der Waals surface area contributed by atoms with Gasteiger partial charge in [0.05, 0.1) is 0 Å². The zero-order chi connectivity index (χ0) is 16.8. The highest BCUT2D eigenvalue weighted by atomic mass is 19.1. The largest absolute Gasteiger partial charge is 0.384 e. The highest BCUT2D eigenvalue weighted by Gasteiger charge is 2.11. The van der Waals surface area contributed by atoms with E-state index in [4.69, 9.17) is 5.73 Å². The summed E-state index contributed by atoms with van der Waals surface area (Å²) in [4.78, 5) is 10.6. The summed E-state index contributed by atoms with van der Waals surface area (Å²) in [7, 11) is 0. The van der Waals surface area contributed by atoms with Crippen LogP contribution < -0.4 is 10.6 Å². The van der Waals surface area contributed by atoms with Crippen LogP contribution in [0.4, 0.5) is 16.2 Å². The standard InChI is InChI=1S/C19H19FN4/c20-17-8-4-7-16(13-17)14-24(19-22-11-9-18(21)23-19)12-10-15-5-2-1-3-6-15/h1-9,11,13H,10,12,14H2,(H2,21,22,23). The van der Waals surface area contributed by atoms with Crippen molar-refractivity contribution in [3.05, 3.63) is 83.8 Å². The molecule has 3 rings (SSSR count). The van der Waals surface area contributed by atoms with Crippen molar-refractivity contribution in [3.8, 4) is 0 Å². The molecule has 0 atom stereocenters. The van der Waals surface area contributed by atoms with Crippen molar-refractivity contribution in [2.45, 2.75) is 13.0 Å². The van der Waals surface area contributed by atoms with E-state index in [1.807, 2.05) is 29.2 Å². The second-order valence-electron chi connectivity index (χ2n) is 5.57. The molecule has 1 heterocycles. The number of benzene rings is 2. The quantitative estimate of drug-likeness (QED) is 0.755. The van der Waals surface area contributed by atoms with Gasteiger partial charge in [-0.2, -0.15) is 4.98 Å². The van der Waals surface area contributed by atoms with E-state index in [1.165, 1.54) is 17.7 Å². The minimum Gasteiger partial charge on any atom is -0.384 e. The van der Waals surface area contributed by atoms with Crippen molar-refractivity contribution in [2.75, 3.05) is 17.2 Å². The molecule has 0 amide bonds. The van der Waals surface area contributed by atoms with Crippen LogP contribution >= 0.6 is 0 Å². The number of hydrogen-bond acceptors (Lipinski definition) is 4. The molecule has 0 saturated carbocycles. The molecule has 0 unspecified atom stereocenters. The first-order valence-corrected chi connectivity index (χ1v) is 7.82. The molecule has 3 aromatic rings. The average Bonchev–Trinajstić information content (AvgIpc) is 2.59. The third-order valence-electron chi connectivity index (χ3n) is 3.72. The molecule has 122 valence electrons. The Bertz CT molecular complexity index is 792. The van der Waals surface area contributed by atoms with Gasteiger partial charge < -0.3 is 10.6 Å². The van der Waals surface area contributed by atoms with Crippen LogP contribution in [0.25, 0.3) is 0 Å². The fourth-order valence-corrected chi connectivity index (χ4v) is 2.53. The Hall–Kier alpha value is -2.95. The molecule has 2 N–H and O–H groups in total. The van der Waals surface area contributed by atoms with Gasteiger partial charge in [0.2, 0.25) is 5.95 Å². The Balaban J connectivity index is 1.80. The number of aromatic nitrogens is 2. The maximum absolute atomic E-state index is 13.5. The predicted octanol–water partition coefficient (Wildman–Crippen LogP) is 3.45. The Labute approximate surface area is 140 Å². The molecule has 0 aliphatic rings. The van der Waals surface area contributed by atoms with Crippen LogP contribution in [0.2, 0.25) is 0 Å². The summed E-state index contributed by atoms with van der Waals surface area (Å²) in [5.41, 5.74) is 7.88. The van der Waals surface area contributed by atoms with E-state index in [9.17, 15) is 4.39 Å². The Morgan fingerprint density at radius 2 is 1.75 bits per heavy atom. The van der Waals surface area contributed by atoms with Gasteiger partial charge in [0.25, 0.3) is 0 Å². The van der Waals surface area contributed by atoms with E-state index in [0.717, 1.165) is 12.0 Å². The van der Waals surface area contributed by atoms with Crippen LogP contribution in [0.3, 0.4) is 0 Å². The van der Waals surface area contributed by atoms with Gasteiger partial charge in [-0.25, -0.2) is 9.37 Å². The smallest absolute Gasteiger partial charge is 0.227 e. The lowest BCUT2D eigenvalue weighted by atomic mass is 10.1. The van der Waals surface area contributed by atoms with Crippen LogP contribution in [0.1, 0.15) is 11.1 Å². The summed E-state index contributed by atoms with van der Waals surface area (Å²) in [5, 5.41) is 0. The molecule has 4 nitrogen and oxygen atoms in total. The number of halogens is 1. The number of nitrogen functional groups attached to an aromatic ring is 1. The second-order valence-corrected chi connectivity index (χ2v) is 5.57. The van der Waals surface area contributed by atoms with Crippen LogP contribution in [0.15, 0.2) is 66.9 Å². The van der Waals surface area contributed by atoms with Gasteiger partial charge in [-0.1, -0.05) is 42.5 Å². The summed E-state index contributed by atoms with van der Waals surface area (Å²) in [6.45, 7) is 1.23. The van der Waals surface area contributed by atoms with Gasteiger partial charge in [-0.15, -0.1) is 0 Å². The van der Waals surface area contributed by atoms with Crippen molar-refractivity contribution in [2.24, 2.45) is 0 Å². The van der Waals surface area contributed by atoms with E-state index < -0.39 is 0 Å². The van der Waals surface area contributed by atoms with E-state index >= 15 is 0 Å². The van der Waals surface area contributed by atoms with Crippen molar-refractivity contribution in [1.82, 2.24) is 9.97 Å². The van der Waals surface area contributed by atoms with Crippen molar-refractivity contribution >= 4 is 11.8 Å². The van der Waals surface area contributed by atoms with Gasteiger partial charge in [0.15, 0.2) is 0 Å². The first-order valence-electron chi connectivity index (χ1n) is 7.82. The zero-order valence-corrected chi connectivity index (χ0v) is 13.3. The minimum absolute atomic E-state index is 0.246. The molecular weight excluding hydrogens is 303 g/mol. The fraction of sp³-hybridized carbons (Fsp3) is 0.158. The Kier molecular flexibility index (Phi) is 5.01. The number of nitrogens with zero attached hydrogens (tertiary/aromatic N) is 3. The minimum atomic E-state index is -0.246. The molecule has 2 aromatic carbocycles. The van der Waals surface area contributed by atoms with E-state index in [1.54, 1.807) is 18.3 Å². The molecule has 0 aliphatic carbocycles. The fourth-order valence-electron chi connectivity index (χ4n) is 2.53. The molecule has 0 radical (unpaired) electrons. The molecule has 24 heavy (non-hydrogen) atoms. The molecular formula is C19H19FN4. The molecule has 0 spiro atoms. The van der Waals surface area contributed by atoms with Crippen LogP contribution in [-0.4, -0.2) is 16.5 Å². The third kappa shape index (κ3) is 4.29. The molecule has 0 bridgehead atoms. The zero-order valence-electron chi connectivity index (χ0n) is 13.3. The lowest BCUT2D eigenvalue weighted by Gasteiger charge is -2.23. The van der Waals surface area contributed by atoms with Gasteiger partial charge in [-0.3, -0.25) is 0 Å². The monoisotopic (exact) mass is 322 g/mol. The van der Waals surface area contributed by atoms with Crippen LogP contribution in [-0.2, 0) is 13.0 Å². The third-order valence-corrected chi connectivity index (χ3v) is 3.72. The second kappa shape index (κ2) is 7.55. The first-order chi connectivity index (χ1) is 11.7. The molecule has 0 fully saturated rings. The molecule has 0 aliphatic heterocycles. The van der Waals surface area contributed by atoms with Crippen molar-refractivity contribution in [3.63, 3.8) is 0 Å².